The van der Waals surface area contributed by atoms with E-state index in [2.05, 4.69) is 39.5 Å². The first kappa shape index (κ1) is 14.4. The highest BCUT2D eigenvalue weighted by molar-refractivity contribution is 7.99. The first-order chi connectivity index (χ1) is 7.45. The fraction of sp³-hybridized carbons (Fsp3) is 1.00. The van der Waals surface area contributed by atoms with Crippen molar-refractivity contribution in [3.8, 4) is 0 Å². The van der Waals surface area contributed by atoms with Crippen LogP contribution in [0.15, 0.2) is 0 Å². The maximum absolute atomic E-state index is 6.26. The lowest BCUT2D eigenvalue weighted by atomic mass is 9.67. The molecular formula is C14H29NS. The number of thioether (sulfide) groups is 1. The molecule has 0 aromatic carbocycles. The Morgan fingerprint density at radius 2 is 1.94 bits per heavy atom. The van der Waals surface area contributed by atoms with Gasteiger partial charge >= 0.3 is 0 Å². The summed E-state index contributed by atoms with van der Waals surface area (Å²) in [5.74, 6) is 4.19. The summed E-state index contributed by atoms with van der Waals surface area (Å²) in [4.78, 5) is 0. The molecule has 0 bridgehead atoms. The van der Waals surface area contributed by atoms with Crippen LogP contribution in [-0.2, 0) is 0 Å². The monoisotopic (exact) mass is 243 g/mol. The minimum atomic E-state index is 0.469. The normalized spacial score (nSPS) is 31.7. The molecule has 0 aromatic heterocycles. The summed E-state index contributed by atoms with van der Waals surface area (Å²) in [6.07, 6.45) is 5.26. The molecule has 0 saturated heterocycles. The molecule has 2 heteroatoms. The van der Waals surface area contributed by atoms with Crippen LogP contribution in [0.4, 0.5) is 0 Å². The third-order valence-corrected chi connectivity index (χ3v) is 5.04. The fourth-order valence-electron chi connectivity index (χ4n) is 2.78. The maximum Gasteiger partial charge on any atom is 0.00676 e. The molecule has 16 heavy (non-hydrogen) atoms. The largest absolute Gasteiger partial charge is 0.327 e. The van der Waals surface area contributed by atoms with Gasteiger partial charge in [0, 0.05) is 6.04 Å². The van der Waals surface area contributed by atoms with Gasteiger partial charge in [0.25, 0.3) is 0 Å². The van der Waals surface area contributed by atoms with Crippen molar-refractivity contribution in [3.63, 3.8) is 0 Å². The van der Waals surface area contributed by atoms with Crippen molar-refractivity contribution in [2.75, 3.05) is 11.5 Å². The van der Waals surface area contributed by atoms with Crippen molar-refractivity contribution >= 4 is 11.8 Å². The quantitative estimate of drug-likeness (QED) is 0.757. The van der Waals surface area contributed by atoms with Crippen molar-refractivity contribution in [3.05, 3.63) is 0 Å². The summed E-state index contributed by atoms with van der Waals surface area (Å²) in [6.45, 7) is 9.38. The van der Waals surface area contributed by atoms with Gasteiger partial charge in [-0.1, -0.05) is 27.7 Å². The molecule has 1 aliphatic carbocycles. The summed E-state index contributed by atoms with van der Waals surface area (Å²) in [6, 6.07) is 0.469. The minimum Gasteiger partial charge on any atom is -0.327 e. The molecule has 1 saturated carbocycles. The zero-order chi connectivity index (χ0) is 12.2. The molecule has 3 atom stereocenters. The highest BCUT2D eigenvalue weighted by Gasteiger charge is 2.33. The molecule has 0 amide bonds. The van der Waals surface area contributed by atoms with Gasteiger partial charge in [-0.2, -0.15) is 11.8 Å². The van der Waals surface area contributed by atoms with Crippen molar-refractivity contribution in [1.82, 2.24) is 0 Å². The van der Waals surface area contributed by atoms with E-state index in [0.29, 0.717) is 11.5 Å². The van der Waals surface area contributed by atoms with Gasteiger partial charge < -0.3 is 5.73 Å². The van der Waals surface area contributed by atoms with Crippen LogP contribution in [0.25, 0.3) is 0 Å². The molecule has 0 heterocycles. The zero-order valence-electron chi connectivity index (χ0n) is 11.5. The first-order valence-electron chi connectivity index (χ1n) is 6.78. The summed E-state index contributed by atoms with van der Waals surface area (Å²) in [5.41, 5.74) is 6.73. The lowest BCUT2D eigenvalue weighted by molar-refractivity contribution is 0.125. The number of hydrogen-bond acceptors (Lipinski definition) is 2. The molecule has 0 spiro atoms. The first-order valence-corrected chi connectivity index (χ1v) is 7.94. The van der Waals surface area contributed by atoms with Gasteiger partial charge in [-0.05, 0) is 54.4 Å². The Bertz CT molecular complexity index is 197. The second-order valence-electron chi connectivity index (χ2n) is 6.29. The van der Waals surface area contributed by atoms with Crippen LogP contribution >= 0.6 is 11.8 Å². The molecule has 1 aliphatic rings. The van der Waals surface area contributed by atoms with E-state index in [0.717, 1.165) is 11.8 Å². The average molecular weight is 243 g/mol. The number of rotatable bonds is 4. The Kier molecular flexibility index (Phi) is 5.66. The molecule has 0 aromatic rings. The topological polar surface area (TPSA) is 26.0 Å². The van der Waals surface area contributed by atoms with E-state index in [4.69, 9.17) is 5.73 Å². The van der Waals surface area contributed by atoms with Crippen LogP contribution < -0.4 is 5.73 Å². The van der Waals surface area contributed by atoms with E-state index in [1.54, 1.807) is 0 Å². The predicted octanol–water partition coefficient (Wildman–Crippen LogP) is 3.92. The zero-order valence-corrected chi connectivity index (χ0v) is 12.3. The molecule has 2 N–H and O–H groups in total. The summed E-state index contributed by atoms with van der Waals surface area (Å²) in [5, 5.41) is 0. The average Bonchev–Trinajstić information content (AvgIpc) is 2.19. The summed E-state index contributed by atoms with van der Waals surface area (Å²) < 4.78 is 0. The molecule has 0 radical (unpaired) electrons. The Balaban J connectivity index is 2.42. The fourth-order valence-corrected chi connectivity index (χ4v) is 3.54. The van der Waals surface area contributed by atoms with E-state index in [-0.39, 0.29) is 0 Å². The van der Waals surface area contributed by atoms with E-state index >= 15 is 0 Å². The molecule has 96 valence electrons. The van der Waals surface area contributed by atoms with Crippen LogP contribution in [0, 0.1) is 17.3 Å². The minimum absolute atomic E-state index is 0.469. The Hall–Kier alpha value is 0.310. The predicted molar refractivity (Wildman–Crippen MR) is 75.9 cm³/mol. The molecule has 1 fully saturated rings. The highest BCUT2D eigenvalue weighted by atomic mass is 32.2. The van der Waals surface area contributed by atoms with E-state index in [1.807, 2.05) is 0 Å². The third-order valence-electron chi connectivity index (χ3n) is 4.10. The van der Waals surface area contributed by atoms with Gasteiger partial charge in [0.2, 0.25) is 0 Å². The Morgan fingerprint density at radius 3 is 2.50 bits per heavy atom. The third kappa shape index (κ3) is 4.29. The SMILES string of the molecule is CCSCCC1CC(C(C)(C)C)CCC1N. The van der Waals surface area contributed by atoms with Crippen molar-refractivity contribution in [1.29, 1.82) is 0 Å². The van der Waals surface area contributed by atoms with Crippen LogP contribution in [0.3, 0.4) is 0 Å². The van der Waals surface area contributed by atoms with Gasteiger partial charge in [-0.25, -0.2) is 0 Å². The lowest BCUT2D eigenvalue weighted by Crippen LogP contribution is -2.39. The van der Waals surface area contributed by atoms with Gasteiger partial charge in [0.15, 0.2) is 0 Å². The maximum atomic E-state index is 6.26. The van der Waals surface area contributed by atoms with E-state index < -0.39 is 0 Å². The Morgan fingerprint density at radius 1 is 1.25 bits per heavy atom. The van der Waals surface area contributed by atoms with Crippen molar-refractivity contribution < 1.29 is 0 Å². The molecule has 3 unspecified atom stereocenters. The second-order valence-corrected chi connectivity index (χ2v) is 7.68. The molecule has 1 nitrogen and oxygen atoms in total. The van der Waals surface area contributed by atoms with Gasteiger partial charge in [0.1, 0.15) is 0 Å². The highest BCUT2D eigenvalue weighted by Crippen LogP contribution is 2.41. The van der Waals surface area contributed by atoms with Crippen LogP contribution in [0.5, 0.6) is 0 Å². The van der Waals surface area contributed by atoms with Crippen LogP contribution in [-0.4, -0.2) is 17.5 Å². The number of nitrogens with two attached hydrogens (primary N) is 1. The number of hydrogen-bond donors (Lipinski definition) is 1. The second kappa shape index (κ2) is 6.30. The molecular weight excluding hydrogens is 214 g/mol. The van der Waals surface area contributed by atoms with Gasteiger partial charge in [-0.15, -0.1) is 0 Å². The lowest BCUT2D eigenvalue weighted by Gasteiger charge is -2.40. The standard InChI is InChI=1S/C14H29NS/c1-5-16-9-8-11-10-12(14(2,3)4)6-7-13(11)15/h11-13H,5-10,15H2,1-4H3. The van der Waals surface area contributed by atoms with Gasteiger partial charge in [-0.3, -0.25) is 0 Å². The smallest absolute Gasteiger partial charge is 0.00676 e. The molecule has 0 aliphatic heterocycles. The molecule has 1 rings (SSSR count). The summed E-state index contributed by atoms with van der Waals surface area (Å²) in [7, 11) is 0. The van der Waals surface area contributed by atoms with E-state index in [9.17, 15) is 0 Å². The Labute approximate surface area is 106 Å². The van der Waals surface area contributed by atoms with Crippen LogP contribution in [0.2, 0.25) is 0 Å². The summed E-state index contributed by atoms with van der Waals surface area (Å²) >= 11 is 2.06. The van der Waals surface area contributed by atoms with Gasteiger partial charge in [0.05, 0.1) is 0 Å². The van der Waals surface area contributed by atoms with Crippen molar-refractivity contribution in [2.45, 2.75) is 59.4 Å². The van der Waals surface area contributed by atoms with Crippen molar-refractivity contribution in [2.24, 2.45) is 23.0 Å². The van der Waals surface area contributed by atoms with Crippen LogP contribution in [0.1, 0.15) is 53.4 Å². The van der Waals surface area contributed by atoms with E-state index in [1.165, 1.54) is 37.2 Å².